The zero-order valence-corrected chi connectivity index (χ0v) is 16.0. The number of fused-ring (bicyclic) bond motifs is 2. The van der Waals surface area contributed by atoms with Crippen LogP contribution in [-0.4, -0.2) is 41.9 Å². The van der Waals surface area contributed by atoms with E-state index in [0.29, 0.717) is 24.8 Å². The van der Waals surface area contributed by atoms with Gasteiger partial charge in [-0.25, -0.2) is 14.5 Å². The summed E-state index contributed by atoms with van der Waals surface area (Å²) in [7, 11) is 0. The molecule has 29 heavy (non-hydrogen) atoms. The van der Waals surface area contributed by atoms with Crippen LogP contribution in [0.3, 0.4) is 0 Å². The van der Waals surface area contributed by atoms with Gasteiger partial charge in [-0.15, -0.1) is 0 Å². The molecule has 1 amide bonds. The van der Waals surface area contributed by atoms with Gasteiger partial charge in [0.05, 0.1) is 29.4 Å². The van der Waals surface area contributed by atoms with Crippen LogP contribution >= 0.6 is 0 Å². The van der Waals surface area contributed by atoms with E-state index in [2.05, 4.69) is 27.9 Å². The van der Waals surface area contributed by atoms with Crippen molar-refractivity contribution in [3.05, 3.63) is 71.2 Å². The Bertz CT molecular complexity index is 1230. The highest BCUT2D eigenvalue weighted by Crippen LogP contribution is 2.40. The van der Waals surface area contributed by atoms with Crippen LogP contribution in [0.1, 0.15) is 63.9 Å². The summed E-state index contributed by atoms with van der Waals surface area (Å²) in [5.74, 6) is 1.16. The van der Waals surface area contributed by atoms with Crippen molar-refractivity contribution in [2.75, 3.05) is 6.54 Å². The second-order valence-electron chi connectivity index (χ2n) is 7.84. The van der Waals surface area contributed by atoms with Gasteiger partial charge in [0.25, 0.3) is 5.91 Å². The zero-order valence-electron chi connectivity index (χ0n) is 16.0. The number of amides is 1. The molecule has 2 aliphatic rings. The SMILES string of the molecule is Cc1cccn2nc([C@@H]3c4nc[nH]c4CCN3C(=O)c3cnc(C4CC4)o3)cc12. The van der Waals surface area contributed by atoms with E-state index in [1.165, 1.54) is 0 Å². The number of nitrogens with one attached hydrogen (secondary N) is 1. The molecule has 1 aliphatic carbocycles. The number of hydrogen-bond acceptors (Lipinski definition) is 5. The lowest BCUT2D eigenvalue weighted by Crippen LogP contribution is -2.40. The molecule has 4 aromatic heterocycles. The van der Waals surface area contributed by atoms with Crippen molar-refractivity contribution in [1.29, 1.82) is 0 Å². The molecule has 6 rings (SSSR count). The monoisotopic (exact) mass is 388 g/mol. The predicted octanol–water partition coefficient (Wildman–Crippen LogP) is 3.02. The maximum Gasteiger partial charge on any atom is 0.292 e. The van der Waals surface area contributed by atoms with E-state index in [1.807, 2.05) is 22.8 Å². The van der Waals surface area contributed by atoms with E-state index in [4.69, 9.17) is 9.52 Å². The minimum atomic E-state index is -0.369. The van der Waals surface area contributed by atoms with Crippen LogP contribution in [0.2, 0.25) is 0 Å². The zero-order chi connectivity index (χ0) is 19.5. The molecular weight excluding hydrogens is 368 g/mol. The number of aryl methyl sites for hydroxylation is 1. The standard InChI is InChI=1S/C21H20N6O2/c1-12-3-2-7-27-16(12)9-15(25-27)19-18-14(23-11-24-18)6-8-26(19)21(28)17-10-22-20(29-17)13-4-5-13/h2-3,7,9-11,13,19H,4-6,8H2,1H3,(H,23,24)/t19-/m1/s1. The maximum absolute atomic E-state index is 13.4. The Morgan fingerprint density at radius 2 is 2.21 bits per heavy atom. The lowest BCUT2D eigenvalue weighted by Gasteiger charge is -2.33. The number of imidazole rings is 1. The molecule has 0 unspecified atom stereocenters. The van der Waals surface area contributed by atoms with Crippen molar-refractivity contribution in [2.45, 2.75) is 38.1 Å². The quantitative estimate of drug-likeness (QED) is 0.582. The lowest BCUT2D eigenvalue weighted by atomic mass is 9.99. The largest absolute Gasteiger partial charge is 0.435 e. The Hall–Kier alpha value is -3.42. The topological polar surface area (TPSA) is 92.3 Å². The number of oxazole rings is 1. The summed E-state index contributed by atoms with van der Waals surface area (Å²) in [4.78, 5) is 27.2. The van der Waals surface area contributed by atoms with Crippen molar-refractivity contribution in [1.82, 2.24) is 29.5 Å². The highest BCUT2D eigenvalue weighted by molar-refractivity contribution is 5.92. The number of nitrogens with zero attached hydrogens (tertiary/aromatic N) is 5. The molecule has 1 atom stereocenters. The van der Waals surface area contributed by atoms with Crippen LogP contribution in [0, 0.1) is 6.92 Å². The summed E-state index contributed by atoms with van der Waals surface area (Å²) >= 11 is 0. The van der Waals surface area contributed by atoms with Gasteiger partial charge in [0.15, 0.2) is 5.89 Å². The number of carbonyl (C=O) groups excluding carboxylic acids is 1. The molecule has 0 saturated heterocycles. The summed E-state index contributed by atoms with van der Waals surface area (Å²) in [5.41, 5.74) is 4.83. The fraction of sp³-hybridized carbons (Fsp3) is 0.333. The van der Waals surface area contributed by atoms with Crippen LogP contribution in [0.25, 0.3) is 5.52 Å². The van der Waals surface area contributed by atoms with E-state index < -0.39 is 0 Å². The lowest BCUT2D eigenvalue weighted by molar-refractivity contribution is 0.0652. The fourth-order valence-electron chi connectivity index (χ4n) is 4.15. The smallest absolute Gasteiger partial charge is 0.292 e. The fourth-order valence-corrected chi connectivity index (χ4v) is 4.15. The molecule has 1 N–H and O–H groups in total. The molecule has 5 heterocycles. The van der Waals surface area contributed by atoms with Gasteiger partial charge in [-0.1, -0.05) is 6.07 Å². The van der Waals surface area contributed by atoms with Crippen LogP contribution in [0.4, 0.5) is 0 Å². The average Bonchev–Trinajstić information content (AvgIpc) is 3.13. The third-order valence-corrected chi connectivity index (χ3v) is 5.86. The number of rotatable bonds is 3. The van der Waals surface area contributed by atoms with Gasteiger partial charge in [-0.05, 0) is 37.5 Å². The van der Waals surface area contributed by atoms with Gasteiger partial charge >= 0.3 is 0 Å². The number of H-pyrrole nitrogens is 1. The summed E-state index contributed by atoms with van der Waals surface area (Å²) in [5, 5.41) is 4.77. The summed E-state index contributed by atoms with van der Waals surface area (Å²) in [6.45, 7) is 2.61. The van der Waals surface area contributed by atoms with Crippen LogP contribution < -0.4 is 0 Å². The molecule has 0 radical (unpaired) electrons. The third kappa shape index (κ3) is 2.59. The molecule has 4 aromatic rings. The van der Waals surface area contributed by atoms with E-state index in [1.54, 1.807) is 17.4 Å². The Morgan fingerprint density at radius 1 is 1.31 bits per heavy atom. The second kappa shape index (κ2) is 6.04. The molecule has 1 fully saturated rings. The van der Waals surface area contributed by atoms with Gasteiger partial charge in [-0.3, -0.25) is 4.79 Å². The van der Waals surface area contributed by atoms with E-state index in [-0.39, 0.29) is 17.7 Å². The highest BCUT2D eigenvalue weighted by Gasteiger charge is 2.38. The summed E-state index contributed by atoms with van der Waals surface area (Å²) in [6, 6.07) is 5.70. The Kier molecular flexibility index (Phi) is 3.44. The summed E-state index contributed by atoms with van der Waals surface area (Å²) in [6.07, 6.45) is 8.04. The maximum atomic E-state index is 13.4. The first kappa shape index (κ1) is 16.5. The van der Waals surface area contributed by atoms with Crippen molar-refractivity contribution in [3.63, 3.8) is 0 Å². The average molecular weight is 388 g/mol. The molecule has 146 valence electrons. The predicted molar refractivity (Wildman–Crippen MR) is 104 cm³/mol. The Labute approximate surface area is 166 Å². The normalized spacial score (nSPS) is 18.9. The van der Waals surface area contributed by atoms with Crippen LogP contribution in [0.15, 0.2) is 41.3 Å². The van der Waals surface area contributed by atoms with Gasteiger partial charge in [0.2, 0.25) is 5.76 Å². The molecule has 1 aliphatic heterocycles. The molecule has 8 nitrogen and oxygen atoms in total. The number of carbonyl (C=O) groups is 1. The number of aromatic nitrogens is 5. The van der Waals surface area contributed by atoms with Gasteiger partial charge in [0.1, 0.15) is 6.04 Å². The van der Waals surface area contributed by atoms with E-state index in [0.717, 1.165) is 41.0 Å². The van der Waals surface area contributed by atoms with Crippen molar-refractivity contribution >= 4 is 11.4 Å². The minimum Gasteiger partial charge on any atom is -0.435 e. The second-order valence-corrected chi connectivity index (χ2v) is 7.84. The van der Waals surface area contributed by atoms with Gasteiger partial charge < -0.3 is 14.3 Å². The highest BCUT2D eigenvalue weighted by atomic mass is 16.4. The summed E-state index contributed by atoms with van der Waals surface area (Å²) < 4.78 is 7.65. The van der Waals surface area contributed by atoms with E-state index >= 15 is 0 Å². The molecule has 0 bridgehead atoms. The first-order chi connectivity index (χ1) is 14.2. The third-order valence-electron chi connectivity index (χ3n) is 5.86. The molecule has 0 spiro atoms. The van der Waals surface area contributed by atoms with Crippen LogP contribution in [0.5, 0.6) is 0 Å². The Morgan fingerprint density at radius 3 is 3.03 bits per heavy atom. The van der Waals surface area contributed by atoms with Gasteiger partial charge in [-0.2, -0.15) is 5.10 Å². The minimum absolute atomic E-state index is 0.170. The van der Waals surface area contributed by atoms with Crippen molar-refractivity contribution in [3.8, 4) is 0 Å². The molecule has 0 aromatic carbocycles. The molecular formula is C21H20N6O2. The first-order valence-electron chi connectivity index (χ1n) is 9.93. The van der Waals surface area contributed by atoms with Crippen LogP contribution in [-0.2, 0) is 6.42 Å². The van der Waals surface area contributed by atoms with E-state index in [9.17, 15) is 4.79 Å². The number of aromatic amines is 1. The Balaban J connectivity index is 1.44. The van der Waals surface area contributed by atoms with Crippen molar-refractivity contribution in [2.24, 2.45) is 0 Å². The molecule has 8 heteroatoms. The molecule has 1 saturated carbocycles. The first-order valence-corrected chi connectivity index (χ1v) is 9.93. The van der Waals surface area contributed by atoms with Crippen molar-refractivity contribution < 1.29 is 9.21 Å². The number of pyridine rings is 1. The number of hydrogen-bond donors (Lipinski definition) is 1. The van der Waals surface area contributed by atoms with Gasteiger partial charge in [0, 0.05) is 30.8 Å².